The highest BCUT2D eigenvalue weighted by Crippen LogP contribution is 2.27. The van der Waals surface area contributed by atoms with Crippen molar-refractivity contribution in [3.05, 3.63) is 65.6 Å². The minimum absolute atomic E-state index is 0.0823. The highest BCUT2D eigenvalue weighted by atomic mass is 16.5. The van der Waals surface area contributed by atoms with Crippen molar-refractivity contribution in [1.29, 1.82) is 0 Å². The molecule has 0 bridgehead atoms. The van der Waals surface area contributed by atoms with Crippen LogP contribution in [0.3, 0.4) is 0 Å². The SMILES string of the molecule is O=C(c1ccno1)N1CC(c2nc(Cc3ccccc3)no2)C1. The van der Waals surface area contributed by atoms with Gasteiger partial charge in [0.1, 0.15) is 0 Å². The van der Waals surface area contributed by atoms with E-state index in [0.717, 1.165) is 5.56 Å². The molecule has 0 spiro atoms. The molecule has 1 fully saturated rings. The van der Waals surface area contributed by atoms with Crippen LogP contribution >= 0.6 is 0 Å². The van der Waals surface area contributed by atoms with Gasteiger partial charge in [0.15, 0.2) is 5.82 Å². The number of carbonyl (C=O) groups excluding carboxylic acids is 1. The molecule has 0 radical (unpaired) electrons. The lowest BCUT2D eigenvalue weighted by Crippen LogP contribution is -2.48. The minimum atomic E-state index is -0.164. The van der Waals surface area contributed by atoms with Crippen LogP contribution in [0, 0.1) is 0 Å². The van der Waals surface area contributed by atoms with Gasteiger partial charge in [0.2, 0.25) is 11.7 Å². The Kier molecular flexibility index (Phi) is 3.38. The van der Waals surface area contributed by atoms with Gasteiger partial charge in [-0.2, -0.15) is 4.98 Å². The Bertz CT molecular complexity index is 792. The van der Waals surface area contributed by atoms with E-state index < -0.39 is 0 Å². The van der Waals surface area contributed by atoms with Crippen LogP contribution in [-0.2, 0) is 6.42 Å². The van der Waals surface area contributed by atoms with E-state index in [1.165, 1.54) is 6.20 Å². The maximum Gasteiger partial charge on any atom is 0.292 e. The standard InChI is InChI=1S/C16H14N4O3/c21-16(13-6-7-17-22-13)20-9-12(10-20)15-18-14(19-23-15)8-11-4-2-1-3-5-11/h1-7,12H,8-10H2. The van der Waals surface area contributed by atoms with Gasteiger partial charge in [-0.1, -0.05) is 40.6 Å². The maximum atomic E-state index is 12.0. The minimum Gasteiger partial charge on any atom is -0.351 e. The molecule has 0 aliphatic carbocycles. The number of nitrogens with zero attached hydrogens (tertiary/aromatic N) is 4. The summed E-state index contributed by atoms with van der Waals surface area (Å²) in [5, 5.41) is 7.56. The molecule has 0 unspecified atom stereocenters. The molecule has 1 aromatic carbocycles. The number of benzene rings is 1. The summed E-state index contributed by atoms with van der Waals surface area (Å²) in [5.41, 5.74) is 1.13. The van der Waals surface area contributed by atoms with Crippen molar-refractivity contribution in [2.24, 2.45) is 0 Å². The molecule has 1 amide bonds. The lowest BCUT2D eigenvalue weighted by Gasteiger charge is -2.36. The third-order valence-electron chi connectivity index (χ3n) is 3.86. The van der Waals surface area contributed by atoms with Gasteiger partial charge in [0, 0.05) is 25.6 Å². The van der Waals surface area contributed by atoms with Gasteiger partial charge >= 0.3 is 0 Å². The number of aromatic nitrogens is 3. The van der Waals surface area contributed by atoms with Crippen LogP contribution in [0.1, 0.15) is 33.8 Å². The largest absolute Gasteiger partial charge is 0.351 e. The third-order valence-corrected chi connectivity index (χ3v) is 3.86. The summed E-state index contributed by atoms with van der Waals surface area (Å²) < 4.78 is 10.2. The number of rotatable bonds is 4. The quantitative estimate of drug-likeness (QED) is 0.731. The first-order chi connectivity index (χ1) is 11.3. The lowest BCUT2D eigenvalue weighted by atomic mass is 10.00. The van der Waals surface area contributed by atoms with E-state index in [2.05, 4.69) is 15.3 Å². The molecule has 116 valence electrons. The fraction of sp³-hybridized carbons (Fsp3) is 0.250. The Balaban J connectivity index is 1.37. The van der Waals surface area contributed by atoms with Crippen LogP contribution in [0.2, 0.25) is 0 Å². The molecule has 2 aromatic heterocycles. The third kappa shape index (κ3) is 2.73. The summed E-state index contributed by atoms with van der Waals surface area (Å²) in [6, 6.07) is 11.5. The van der Waals surface area contributed by atoms with Crippen molar-refractivity contribution in [2.45, 2.75) is 12.3 Å². The van der Waals surface area contributed by atoms with Gasteiger partial charge in [0.05, 0.1) is 12.1 Å². The zero-order valence-electron chi connectivity index (χ0n) is 12.3. The molecule has 0 atom stereocenters. The molecule has 23 heavy (non-hydrogen) atoms. The highest BCUT2D eigenvalue weighted by Gasteiger charge is 2.37. The molecular formula is C16H14N4O3. The number of hydrogen-bond donors (Lipinski definition) is 0. The number of likely N-dealkylation sites (tertiary alicyclic amines) is 1. The van der Waals surface area contributed by atoms with Crippen LogP contribution in [0.4, 0.5) is 0 Å². The molecular weight excluding hydrogens is 296 g/mol. The summed E-state index contributed by atoms with van der Waals surface area (Å²) in [6.45, 7) is 1.10. The Morgan fingerprint density at radius 1 is 1.17 bits per heavy atom. The van der Waals surface area contributed by atoms with Gasteiger partial charge in [-0.05, 0) is 5.56 Å². The maximum absolute atomic E-state index is 12.0. The van der Waals surface area contributed by atoms with Gasteiger partial charge in [0.25, 0.3) is 5.91 Å². The first-order valence-electron chi connectivity index (χ1n) is 7.36. The van der Waals surface area contributed by atoms with Crippen molar-refractivity contribution >= 4 is 5.91 Å². The molecule has 1 aliphatic rings. The number of hydrogen-bond acceptors (Lipinski definition) is 6. The average molecular weight is 310 g/mol. The van der Waals surface area contributed by atoms with Gasteiger partial charge < -0.3 is 13.9 Å². The fourth-order valence-corrected chi connectivity index (χ4v) is 2.57. The fourth-order valence-electron chi connectivity index (χ4n) is 2.57. The second-order valence-corrected chi connectivity index (χ2v) is 5.49. The molecule has 7 nitrogen and oxygen atoms in total. The van der Waals surface area contributed by atoms with Crippen LogP contribution < -0.4 is 0 Å². The predicted octanol–water partition coefficient (Wildman–Crippen LogP) is 1.89. The normalized spacial score (nSPS) is 14.7. The van der Waals surface area contributed by atoms with Gasteiger partial charge in [-0.15, -0.1) is 0 Å². The Morgan fingerprint density at radius 2 is 2.00 bits per heavy atom. The first-order valence-corrected chi connectivity index (χ1v) is 7.36. The smallest absolute Gasteiger partial charge is 0.292 e. The summed E-state index contributed by atoms with van der Waals surface area (Å²) in [7, 11) is 0. The molecule has 1 saturated heterocycles. The number of amides is 1. The molecule has 1 aliphatic heterocycles. The second-order valence-electron chi connectivity index (χ2n) is 5.49. The van der Waals surface area contributed by atoms with Crippen molar-refractivity contribution in [2.75, 3.05) is 13.1 Å². The first kappa shape index (κ1) is 13.7. The van der Waals surface area contributed by atoms with Crippen molar-refractivity contribution in [3.8, 4) is 0 Å². The Hall–Kier alpha value is -2.96. The van der Waals surface area contributed by atoms with Crippen molar-refractivity contribution in [1.82, 2.24) is 20.2 Å². The summed E-state index contributed by atoms with van der Waals surface area (Å²) in [5.74, 6) is 1.41. The molecule has 3 aromatic rings. The van der Waals surface area contributed by atoms with E-state index >= 15 is 0 Å². The van der Waals surface area contributed by atoms with E-state index in [-0.39, 0.29) is 17.6 Å². The van der Waals surface area contributed by atoms with E-state index in [0.29, 0.717) is 31.2 Å². The summed E-state index contributed by atoms with van der Waals surface area (Å²) in [6.07, 6.45) is 2.09. The topological polar surface area (TPSA) is 85.3 Å². The Morgan fingerprint density at radius 3 is 2.74 bits per heavy atom. The second kappa shape index (κ2) is 5.68. The van der Waals surface area contributed by atoms with Crippen LogP contribution in [0.25, 0.3) is 0 Å². The average Bonchev–Trinajstić information content (AvgIpc) is 3.18. The summed E-state index contributed by atoms with van der Waals surface area (Å²) in [4.78, 5) is 18.1. The van der Waals surface area contributed by atoms with Crippen LogP contribution in [0.15, 0.2) is 51.6 Å². The molecule has 0 saturated carbocycles. The zero-order chi connectivity index (χ0) is 15.6. The number of carbonyl (C=O) groups is 1. The molecule has 7 heteroatoms. The highest BCUT2D eigenvalue weighted by molar-refractivity contribution is 5.91. The lowest BCUT2D eigenvalue weighted by molar-refractivity contribution is 0.0527. The van der Waals surface area contributed by atoms with Crippen molar-refractivity contribution < 1.29 is 13.8 Å². The van der Waals surface area contributed by atoms with E-state index in [1.807, 2.05) is 30.3 Å². The molecule has 4 rings (SSSR count). The van der Waals surface area contributed by atoms with Crippen LogP contribution in [-0.4, -0.2) is 39.2 Å². The van der Waals surface area contributed by atoms with Gasteiger partial charge in [-0.25, -0.2) is 0 Å². The zero-order valence-corrected chi connectivity index (χ0v) is 12.3. The van der Waals surface area contributed by atoms with Gasteiger partial charge in [-0.3, -0.25) is 4.79 Å². The monoisotopic (exact) mass is 310 g/mol. The van der Waals surface area contributed by atoms with Crippen LogP contribution in [0.5, 0.6) is 0 Å². The van der Waals surface area contributed by atoms with Crippen molar-refractivity contribution in [3.63, 3.8) is 0 Å². The van der Waals surface area contributed by atoms with E-state index in [1.54, 1.807) is 11.0 Å². The molecule has 3 heterocycles. The molecule has 0 N–H and O–H groups in total. The van der Waals surface area contributed by atoms with E-state index in [9.17, 15) is 4.79 Å². The Labute approximate surface area is 131 Å². The predicted molar refractivity (Wildman–Crippen MR) is 78.7 cm³/mol. The summed E-state index contributed by atoms with van der Waals surface area (Å²) >= 11 is 0. The van der Waals surface area contributed by atoms with E-state index in [4.69, 9.17) is 9.05 Å².